The molecule has 0 aliphatic rings. The average molecular weight is 314 g/mol. The molecule has 23 heavy (non-hydrogen) atoms. The average Bonchev–Trinajstić information content (AvgIpc) is 2.53. The maximum atomic E-state index is 13.6. The maximum absolute atomic E-state index is 13.6. The summed E-state index contributed by atoms with van der Waals surface area (Å²) in [6, 6.07) is 14.2. The standard InChI is InChI=1S/C20H23FO2/c1-14(2)17-12-16(21)10-11-18(17)20(3,4)19(22)23-13-15-8-6-5-7-9-15/h5-12,14H,13H2,1-4H3. The fourth-order valence-corrected chi connectivity index (χ4v) is 2.59. The van der Waals surface area contributed by atoms with Crippen LogP contribution in [0.25, 0.3) is 0 Å². The molecule has 0 aromatic heterocycles. The van der Waals surface area contributed by atoms with Gasteiger partial charge < -0.3 is 4.74 Å². The molecule has 0 spiro atoms. The minimum atomic E-state index is -0.831. The largest absolute Gasteiger partial charge is 0.460 e. The summed E-state index contributed by atoms with van der Waals surface area (Å²) in [5.41, 5.74) is 1.76. The quantitative estimate of drug-likeness (QED) is 0.728. The molecule has 0 bridgehead atoms. The van der Waals surface area contributed by atoms with Gasteiger partial charge in [-0.2, -0.15) is 0 Å². The zero-order valence-electron chi connectivity index (χ0n) is 14.1. The topological polar surface area (TPSA) is 26.3 Å². The highest BCUT2D eigenvalue weighted by molar-refractivity contribution is 5.82. The summed E-state index contributed by atoms with van der Waals surface area (Å²) in [4.78, 5) is 12.6. The van der Waals surface area contributed by atoms with Crippen LogP contribution in [0.4, 0.5) is 4.39 Å². The van der Waals surface area contributed by atoms with Crippen molar-refractivity contribution in [1.29, 1.82) is 0 Å². The second-order valence-corrected chi connectivity index (χ2v) is 6.57. The Morgan fingerprint density at radius 1 is 1.13 bits per heavy atom. The van der Waals surface area contributed by atoms with Gasteiger partial charge in [0.05, 0.1) is 5.41 Å². The van der Waals surface area contributed by atoms with Crippen LogP contribution < -0.4 is 0 Å². The molecule has 2 aromatic carbocycles. The Bertz CT molecular complexity index is 675. The lowest BCUT2D eigenvalue weighted by Crippen LogP contribution is -2.32. The van der Waals surface area contributed by atoms with E-state index >= 15 is 0 Å². The number of esters is 1. The Hall–Kier alpha value is -2.16. The molecule has 0 aliphatic carbocycles. The summed E-state index contributed by atoms with van der Waals surface area (Å²) in [6.45, 7) is 7.85. The smallest absolute Gasteiger partial charge is 0.316 e. The lowest BCUT2D eigenvalue weighted by molar-refractivity contribution is -0.150. The summed E-state index contributed by atoms with van der Waals surface area (Å²) in [5.74, 6) is -0.470. The molecule has 0 atom stereocenters. The van der Waals surface area contributed by atoms with E-state index in [0.717, 1.165) is 16.7 Å². The fourth-order valence-electron chi connectivity index (χ4n) is 2.59. The van der Waals surface area contributed by atoms with Crippen LogP contribution in [0.1, 0.15) is 50.3 Å². The number of hydrogen-bond donors (Lipinski definition) is 0. The molecule has 0 aliphatic heterocycles. The molecule has 0 amide bonds. The van der Waals surface area contributed by atoms with E-state index in [9.17, 15) is 9.18 Å². The normalized spacial score (nSPS) is 11.6. The zero-order chi connectivity index (χ0) is 17.0. The molecule has 3 heteroatoms. The van der Waals surface area contributed by atoms with Gasteiger partial charge in [0.15, 0.2) is 0 Å². The van der Waals surface area contributed by atoms with Crippen LogP contribution in [-0.2, 0) is 21.6 Å². The molecular weight excluding hydrogens is 291 g/mol. The van der Waals surface area contributed by atoms with Crippen molar-refractivity contribution in [2.24, 2.45) is 0 Å². The summed E-state index contributed by atoms with van der Waals surface area (Å²) in [7, 11) is 0. The van der Waals surface area contributed by atoms with Crippen molar-refractivity contribution in [2.75, 3.05) is 0 Å². The third-order valence-corrected chi connectivity index (χ3v) is 4.03. The van der Waals surface area contributed by atoms with Gasteiger partial charge >= 0.3 is 5.97 Å². The van der Waals surface area contributed by atoms with Crippen LogP contribution in [0.5, 0.6) is 0 Å². The lowest BCUT2D eigenvalue weighted by Gasteiger charge is -2.27. The number of benzene rings is 2. The first-order chi connectivity index (χ1) is 10.8. The van der Waals surface area contributed by atoms with Crippen LogP contribution in [-0.4, -0.2) is 5.97 Å². The predicted octanol–water partition coefficient (Wildman–Crippen LogP) is 4.97. The van der Waals surface area contributed by atoms with Crippen LogP contribution in [0.3, 0.4) is 0 Å². The molecule has 0 heterocycles. The van der Waals surface area contributed by atoms with Crippen LogP contribution in [0.2, 0.25) is 0 Å². The van der Waals surface area contributed by atoms with E-state index in [2.05, 4.69) is 0 Å². The Balaban J connectivity index is 2.22. The van der Waals surface area contributed by atoms with Gasteiger partial charge in [-0.1, -0.05) is 50.2 Å². The van der Waals surface area contributed by atoms with Gasteiger partial charge in [-0.25, -0.2) is 4.39 Å². The van der Waals surface area contributed by atoms with E-state index in [1.165, 1.54) is 12.1 Å². The lowest BCUT2D eigenvalue weighted by atomic mass is 9.79. The molecule has 0 unspecified atom stereocenters. The summed E-state index contributed by atoms with van der Waals surface area (Å²) < 4.78 is 19.0. The molecule has 122 valence electrons. The maximum Gasteiger partial charge on any atom is 0.316 e. The zero-order valence-corrected chi connectivity index (χ0v) is 14.1. The van der Waals surface area contributed by atoms with Crippen molar-refractivity contribution in [3.63, 3.8) is 0 Å². The molecule has 0 N–H and O–H groups in total. The summed E-state index contributed by atoms with van der Waals surface area (Å²) in [6.07, 6.45) is 0. The molecule has 0 saturated heterocycles. The number of hydrogen-bond acceptors (Lipinski definition) is 2. The number of carbonyl (C=O) groups is 1. The summed E-state index contributed by atoms with van der Waals surface area (Å²) >= 11 is 0. The van der Waals surface area contributed by atoms with E-state index in [1.54, 1.807) is 6.07 Å². The minimum absolute atomic E-state index is 0.127. The van der Waals surface area contributed by atoms with Crippen molar-refractivity contribution in [1.82, 2.24) is 0 Å². The Labute approximate surface area is 137 Å². The monoisotopic (exact) mass is 314 g/mol. The van der Waals surface area contributed by atoms with Crippen molar-refractivity contribution >= 4 is 5.97 Å². The third-order valence-electron chi connectivity index (χ3n) is 4.03. The van der Waals surface area contributed by atoms with Crippen LogP contribution >= 0.6 is 0 Å². The van der Waals surface area contributed by atoms with Crippen molar-refractivity contribution < 1.29 is 13.9 Å². The van der Waals surface area contributed by atoms with E-state index in [-0.39, 0.29) is 24.3 Å². The first-order valence-corrected chi connectivity index (χ1v) is 7.83. The Morgan fingerprint density at radius 2 is 1.78 bits per heavy atom. The third kappa shape index (κ3) is 3.98. The predicted molar refractivity (Wildman–Crippen MR) is 89.8 cm³/mol. The first-order valence-electron chi connectivity index (χ1n) is 7.83. The second kappa shape index (κ2) is 6.95. The van der Waals surface area contributed by atoms with Gasteiger partial charge in [-0.3, -0.25) is 4.79 Å². The molecule has 0 fully saturated rings. The van der Waals surface area contributed by atoms with E-state index in [1.807, 2.05) is 58.0 Å². The van der Waals surface area contributed by atoms with E-state index in [0.29, 0.717) is 0 Å². The van der Waals surface area contributed by atoms with Crippen molar-refractivity contribution in [2.45, 2.75) is 45.6 Å². The van der Waals surface area contributed by atoms with Crippen molar-refractivity contribution in [3.8, 4) is 0 Å². The number of halogens is 1. The molecule has 2 rings (SSSR count). The minimum Gasteiger partial charge on any atom is -0.460 e. The molecular formula is C20H23FO2. The van der Waals surface area contributed by atoms with Gasteiger partial charge in [-0.15, -0.1) is 0 Å². The fraction of sp³-hybridized carbons (Fsp3) is 0.350. The molecule has 2 nitrogen and oxygen atoms in total. The molecule has 2 aromatic rings. The SMILES string of the molecule is CC(C)c1cc(F)ccc1C(C)(C)C(=O)OCc1ccccc1. The summed E-state index contributed by atoms with van der Waals surface area (Å²) in [5, 5.41) is 0. The van der Waals surface area contributed by atoms with E-state index in [4.69, 9.17) is 4.74 Å². The van der Waals surface area contributed by atoms with Gasteiger partial charge in [0.25, 0.3) is 0 Å². The van der Waals surface area contributed by atoms with Gasteiger partial charge in [-0.05, 0) is 48.6 Å². The molecule has 0 radical (unpaired) electrons. The molecule has 0 saturated carbocycles. The number of carbonyl (C=O) groups excluding carboxylic acids is 1. The van der Waals surface area contributed by atoms with Crippen LogP contribution in [0.15, 0.2) is 48.5 Å². The highest BCUT2D eigenvalue weighted by atomic mass is 19.1. The second-order valence-electron chi connectivity index (χ2n) is 6.57. The van der Waals surface area contributed by atoms with E-state index < -0.39 is 5.41 Å². The van der Waals surface area contributed by atoms with Gasteiger partial charge in [0, 0.05) is 0 Å². The number of ether oxygens (including phenoxy) is 1. The highest BCUT2D eigenvalue weighted by Gasteiger charge is 2.34. The van der Waals surface area contributed by atoms with Gasteiger partial charge in [0.1, 0.15) is 12.4 Å². The highest BCUT2D eigenvalue weighted by Crippen LogP contribution is 2.32. The van der Waals surface area contributed by atoms with Crippen LogP contribution in [0, 0.1) is 5.82 Å². The van der Waals surface area contributed by atoms with Crippen molar-refractivity contribution in [3.05, 3.63) is 71.0 Å². The van der Waals surface area contributed by atoms with Gasteiger partial charge in [0.2, 0.25) is 0 Å². The number of rotatable bonds is 5. The first kappa shape index (κ1) is 17.2. The Morgan fingerprint density at radius 3 is 2.39 bits per heavy atom. The Kier molecular flexibility index (Phi) is 5.19.